The number of aryl methyl sites for hydroxylation is 1. The molecule has 2 unspecified atom stereocenters. The Morgan fingerprint density at radius 2 is 2.29 bits per heavy atom. The molecule has 0 N–H and O–H groups in total. The van der Waals surface area contributed by atoms with Crippen molar-refractivity contribution in [2.45, 2.75) is 31.8 Å². The molecule has 2 rings (SSSR count). The van der Waals surface area contributed by atoms with Crippen LogP contribution in [0.2, 0.25) is 0 Å². The Morgan fingerprint density at radius 3 is 2.88 bits per heavy atom. The van der Waals surface area contributed by atoms with Gasteiger partial charge in [0.15, 0.2) is 5.78 Å². The number of hydrogen-bond acceptors (Lipinski definition) is 3. The molecule has 0 bridgehead atoms. The Balaban J connectivity index is 2.25. The van der Waals surface area contributed by atoms with Crippen LogP contribution in [0.1, 0.15) is 29.9 Å². The first-order valence-electron chi connectivity index (χ1n) is 5.84. The smallest absolute Gasteiger partial charge is 0.183 e. The van der Waals surface area contributed by atoms with Crippen LogP contribution < -0.4 is 0 Å². The summed E-state index contributed by atoms with van der Waals surface area (Å²) < 4.78 is 5.36. The zero-order valence-electron chi connectivity index (χ0n) is 9.85. The Labute approximate surface area is 101 Å². The number of carbonyl (C=O) groups is 1. The minimum absolute atomic E-state index is 0.0979. The molecule has 0 saturated carbocycles. The molecule has 0 aromatic heterocycles. The summed E-state index contributed by atoms with van der Waals surface area (Å²) in [5.74, 6) is -0.793. The fraction of sp³-hybridized carbons (Fsp3) is 0.429. The van der Waals surface area contributed by atoms with Crippen LogP contribution in [0, 0.1) is 18.3 Å². The van der Waals surface area contributed by atoms with Gasteiger partial charge in [-0.3, -0.25) is 4.79 Å². The molecular weight excluding hydrogens is 214 g/mol. The maximum atomic E-state index is 12.2. The van der Waals surface area contributed by atoms with Crippen LogP contribution in [0.15, 0.2) is 24.3 Å². The summed E-state index contributed by atoms with van der Waals surface area (Å²) in [5.41, 5.74) is 1.78. The topological polar surface area (TPSA) is 50.1 Å². The van der Waals surface area contributed by atoms with Crippen molar-refractivity contribution in [1.29, 1.82) is 5.26 Å². The molecule has 3 nitrogen and oxygen atoms in total. The second-order valence-electron chi connectivity index (χ2n) is 4.32. The van der Waals surface area contributed by atoms with E-state index >= 15 is 0 Å². The van der Waals surface area contributed by atoms with Gasteiger partial charge in [-0.25, -0.2) is 0 Å². The number of rotatable bonds is 3. The third kappa shape index (κ3) is 2.37. The number of Topliss-reactive ketones (excluding diaryl/α,β-unsaturated/α-hetero) is 1. The minimum atomic E-state index is -0.695. The van der Waals surface area contributed by atoms with Crippen LogP contribution in [0.25, 0.3) is 0 Å². The fourth-order valence-electron chi connectivity index (χ4n) is 2.19. The van der Waals surface area contributed by atoms with Crippen molar-refractivity contribution in [3.05, 3.63) is 35.4 Å². The molecule has 17 heavy (non-hydrogen) atoms. The highest BCUT2D eigenvalue weighted by Gasteiger charge is 2.31. The summed E-state index contributed by atoms with van der Waals surface area (Å²) in [6, 6.07) is 9.63. The lowest BCUT2D eigenvalue weighted by Crippen LogP contribution is -2.25. The number of benzene rings is 1. The number of carbonyl (C=O) groups excluding carboxylic acids is 1. The lowest BCUT2D eigenvalue weighted by Gasteiger charge is -2.15. The first-order chi connectivity index (χ1) is 8.24. The van der Waals surface area contributed by atoms with E-state index < -0.39 is 5.92 Å². The highest BCUT2D eigenvalue weighted by Crippen LogP contribution is 2.25. The lowest BCUT2D eigenvalue weighted by atomic mass is 9.89. The Kier molecular flexibility index (Phi) is 3.55. The van der Waals surface area contributed by atoms with Gasteiger partial charge < -0.3 is 4.74 Å². The van der Waals surface area contributed by atoms with E-state index in [0.29, 0.717) is 6.61 Å². The van der Waals surface area contributed by atoms with Crippen molar-refractivity contribution >= 4 is 5.78 Å². The van der Waals surface area contributed by atoms with Gasteiger partial charge in [-0.2, -0.15) is 5.26 Å². The maximum absolute atomic E-state index is 12.2. The number of nitrogens with zero attached hydrogens (tertiary/aromatic N) is 1. The monoisotopic (exact) mass is 229 g/mol. The molecule has 1 aromatic rings. The molecule has 0 radical (unpaired) electrons. The van der Waals surface area contributed by atoms with Crippen molar-refractivity contribution in [3.63, 3.8) is 0 Å². The molecule has 2 atom stereocenters. The van der Waals surface area contributed by atoms with Crippen LogP contribution in [0.5, 0.6) is 0 Å². The zero-order chi connectivity index (χ0) is 12.3. The van der Waals surface area contributed by atoms with E-state index in [2.05, 4.69) is 6.07 Å². The molecule has 0 spiro atoms. The van der Waals surface area contributed by atoms with Gasteiger partial charge in [-0.05, 0) is 30.9 Å². The first-order valence-corrected chi connectivity index (χ1v) is 5.84. The lowest BCUT2D eigenvalue weighted by molar-refractivity contribution is -0.128. The van der Waals surface area contributed by atoms with Gasteiger partial charge in [0.25, 0.3) is 0 Å². The summed E-state index contributed by atoms with van der Waals surface area (Å²) >= 11 is 0. The van der Waals surface area contributed by atoms with E-state index in [-0.39, 0.29) is 11.9 Å². The van der Waals surface area contributed by atoms with Gasteiger partial charge in [-0.15, -0.1) is 0 Å². The van der Waals surface area contributed by atoms with Gasteiger partial charge in [0.1, 0.15) is 12.0 Å². The van der Waals surface area contributed by atoms with Gasteiger partial charge >= 0.3 is 0 Å². The maximum Gasteiger partial charge on any atom is 0.183 e. The average Bonchev–Trinajstić information content (AvgIpc) is 2.86. The van der Waals surface area contributed by atoms with E-state index in [1.165, 1.54) is 0 Å². The van der Waals surface area contributed by atoms with E-state index in [4.69, 9.17) is 4.74 Å². The number of ether oxygens (including phenoxy) is 1. The Bertz CT molecular complexity index is 456. The quantitative estimate of drug-likeness (QED) is 0.799. The summed E-state index contributed by atoms with van der Waals surface area (Å²) in [7, 11) is 0. The van der Waals surface area contributed by atoms with Gasteiger partial charge in [-0.1, -0.05) is 24.3 Å². The van der Waals surface area contributed by atoms with Crippen LogP contribution >= 0.6 is 0 Å². The standard InChI is InChI=1S/C14H15NO2/c1-10-5-2-3-6-11(10)12(9-15)14(16)13-7-4-8-17-13/h2-3,5-6,12-13H,4,7-8H2,1H3. The number of nitriles is 1. The predicted molar refractivity (Wildman–Crippen MR) is 63.5 cm³/mol. The van der Waals surface area contributed by atoms with E-state index in [0.717, 1.165) is 24.0 Å². The summed E-state index contributed by atoms with van der Waals surface area (Å²) in [6.07, 6.45) is 1.25. The minimum Gasteiger partial charge on any atom is -0.370 e. The molecule has 0 amide bonds. The SMILES string of the molecule is Cc1ccccc1C(C#N)C(=O)C1CCCO1. The van der Waals surface area contributed by atoms with Crippen molar-refractivity contribution in [1.82, 2.24) is 0 Å². The van der Waals surface area contributed by atoms with Crippen molar-refractivity contribution < 1.29 is 9.53 Å². The van der Waals surface area contributed by atoms with Crippen LogP contribution in [0.4, 0.5) is 0 Å². The van der Waals surface area contributed by atoms with Gasteiger partial charge in [0, 0.05) is 6.61 Å². The number of ketones is 1. The van der Waals surface area contributed by atoms with Gasteiger partial charge in [0.05, 0.1) is 6.07 Å². The second-order valence-corrected chi connectivity index (χ2v) is 4.32. The average molecular weight is 229 g/mol. The van der Waals surface area contributed by atoms with E-state index in [1.54, 1.807) is 0 Å². The molecule has 1 aliphatic rings. The summed E-state index contributed by atoms with van der Waals surface area (Å²) in [6.45, 7) is 2.55. The molecule has 0 aliphatic carbocycles. The van der Waals surface area contributed by atoms with Gasteiger partial charge in [0.2, 0.25) is 0 Å². The fourth-order valence-corrected chi connectivity index (χ4v) is 2.19. The molecule has 1 aliphatic heterocycles. The second kappa shape index (κ2) is 5.11. The third-order valence-corrected chi connectivity index (χ3v) is 3.16. The number of hydrogen-bond donors (Lipinski definition) is 0. The first kappa shape index (κ1) is 11.8. The van der Waals surface area contributed by atoms with Crippen molar-refractivity contribution in [2.24, 2.45) is 0 Å². The molecule has 1 heterocycles. The summed E-state index contributed by atoms with van der Waals surface area (Å²) in [5, 5.41) is 9.21. The molecule has 1 saturated heterocycles. The van der Waals surface area contributed by atoms with Crippen LogP contribution in [-0.4, -0.2) is 18.5 Å². The molecule has 1 fully saturated rings. The van der Waals surface area contributed by atoms with E-state index in [1.807, 2.05) is 31.2 Å². The van der Waals surface area contributed by atoms with Crippen LogP contribution in [-0.2, 0) is 9.53 Å². The van der Waals surface area contributed by atoms with E-state index in [9.17, 15) is 10.1 Å². The van der Waals surface area contributed by atoms with Crippen molar-refractivity contribution in [2.75, 3.05) is 6.61 Å². The Hall–Kier alpha value is -1.66. The highest BCUT2D eigenvalue weighted by atomic mass is 16.5. The third-order valence-electron chi connectivity index (χ3n) is 3.16. The predicted octanol–water partition coefficient (Wildman–Crippen LogP) is 2.35. The highest BCUT2D eigenvalue weighted by molar-refractivity contribution is 5.92. The largest absolute Gasteiger partial charge is 0.370 e. The van der Waals surface area contributed by atoms with Crippen LogP contribution in [0.3, 0.4) is 0 Å². The molecule has 3 heteroatoms. The zero-order valence-corrected chi connectivity index (χ0v) is 9.85. The molecule has 1 aromatic carbocycles. The summed E-state index contributed by atoms with van der Waals surface area (Å²) in [4.78, 5) is 12.2. The normalized spacial score (nSPS) is 20.8. The molecule has 88 valence electrons. The molecular formula is C14H15NO2. The Morgan fingerprint density at radius 1 is 1.53 bits per heavy atom. The van der Waals surface area contributed by atoms with Crippen molar-refractivity contribution in [3.8, 4) is 6.07 Å².